The zero-order valence-electron chi connectivity index (χ0n) is 17.9. The Hall–Kier alpha value is -3.41. The molecule has 2 aromatic carbocycles. The lowest BCUT2D eigenvalue weighted by Crippen LogP contribution is -2.30. The van der Waals surface area contributed by atoms with Crippen LogP contribution in [0.15, 0.2) is 48.5 Å². The van der Waals surface area contributed by atoms with Gasteiger partial charge in [0.05, 0.1) is 12.7 Å². The van der Waals surface area contributed by atoms with E-state index in [9.17, 15) is 14.4 Å². The van der Waals surface area contributed by atoms with Crippen molar-refractivity contribution in [2.45, 2.75) is 39.7 Å². The SMILES string of the molecule is COC(=O)c1ccc(/C=C/C(=O)O[C@@H](C)C(=O)Nc2c(C)cccc2C(C)C)cc1. The molecule has 6 nitrogen and oxygen atoms in total. The van der Waals surface area contributed by atoms with E-state index in [0.717, 1.165) is 16.8 Å². The zero-order chi connectivity index (χ0) is 22.3. The molecule has 0 saturated carbocycles. The van der Waals surface area contributed by atoms with Crippen LogP contribution in [-0.4, -0.2) is 31.1 Å². The van der Waals surface area contributed by atoms with E-state index in [1.54, 1.807) is 30.3 Å². The fourth-order valence-corrected chi connectivity index (χ4v) is 2.85. The van der Waals surface area contributed by atoms with Gasteiger partial charge in [-0.15, -0.1) is 0 Å². The Morgan fingerprint density at radius 3 is 2.27 bits per heavy atom. The first-order valence-corrected chi connectivity index (χ1v) is 9.70. The number of amides is 1. The highest BCUT2D eigenvalue weighted by Crippen LogP contribution is 2.27. The number of methoxy groups -OCH3 is 1. The number of hydrogen-bond acceptors (Lipinski definition) is 5. The molecule has 0 spiro atoms. The summed E-state index contributed by atoms with van der Waals surface area (Å²) >= 11 is 0. The average Bonchev–Trinajstić information content (AvgIpc) is 2.73. The predicted octanol–water partition coefficient (Wildman–Crippen LogP) is 4.49. The molecule has 0 saturated heterocycles. The Bertz CT molecular complexity index is 945. The lowest BCUT2D eigenvalue weighted by Gasteiger charge is -2.18. The molecule has 1 N–H and O–H groups in total. The number of para-hydroxylation sites is 1. The third-order valence-corrected chi connectivity index (χ3v) is 4.58. The van der Waals surface area contributed by atoms with Gasteiger partial charge in [-0.05, 0) is 54.7 Å². The first kappa shape index (κ1) is 22.9. The number of aryl methyl sites for hydroxylation is 1. The number of benzene rings is 2. The van der Waals surface area contributed by atoms with E-state index in [-0.39, 0.29) is 5.92 Å². The first-order chi connectivity index (χ1) is 14.2. The third kappa shape index (κ3) is 6.04. The van der Waals surface area contributed by atoms with Crippen molar-refractivity contribution in [1.29, 1.82) is 0 Å². The van der Waals surface area contributed by atoms with Crippen LogP contribution < -0.4 is 5.32 Å². The summed E-state index contributed by atoms with van der Waals surface area (Å²) in [6.07, 6.45) is 1.83. The van der Waals surface area contributed by atoms with Crippen LogP contribution in [-0.2, 0) is 19.1 Å². The number of hydrogen-bond donors (Lipinski definition) is 1. The second-order valence-electron chi connectivity index (χ2n) is 7.21. The summed E-state index contributed by atoms with van der Waals surface area (Å²) in [6, 6.07) is 12.4. The number of anilines is 1. The largest absolute Gasteiger partial charge is 0.465 e. The van der Waals surface area contributed by atoms with Gasteiger partial charge in [-0.2, -0.15) is 0 Å². The van der Waals surface area contributed by atoms with E-state index in [4.69, 9.17) is 4.74 Å². The van der Waals surface area contributed by atoms with E-state index in [2.05, 4.69) is 23.9 Å². The molecule has 0 bridgehead atoms. The van der Waals surface area contributed by atoms with Gasteiger partial charge in [0, 0.05) is 11.8 Å². The predicted molar refractivity (Wildman–Crippen MR) is 116 cm³/mol. The summed E-state index contributed by atoms with van der Waals surface area (Å²) in [5, 5.41) is 2.88. The standard InChI is InChI=1S/C24H27NO5/c1-15(2)20-8-6-7-16(3)22(20)25-23(27)17(4)30-21(26)14-11-18-9-12-19(13-10-18)24(28)29-5/h6-15,17H,1-5H3,(H,25,27)/b14-11+/t17-/m0/s1. The molecule has 2 aromatic rings. The molecule has 0 radical (unpaired) electrons. The molecule has 30 heavy (non-hydrogen) atoms. The van der Waals surface area contributed by atoms with Crippen molar-refractivity contribution in [1.82, 2.24) is 0 Å². The average molecular weight is 409 g/mol. The van der Waals surface area contributed by atoms with Crippen molar-refractivity contribution in [2.75, 3.05) is 12.4 Å². The summed E-state index contributed by atoms with van der Waals surface area (Å²) in [5.41, 5.74) is 3.85. The Labute approximate surface area is 176 Å². The van der Waals surface area contributed by atoms with Crippen LogP contribution in [0.1, 0.15) is 53.7 Å². The second-order valence-corrected chi connectivity index (χ2v) is 7.21. The molecular weight excluding hydrogens is 382 g/mol. The summed E-state index contributed by atoms with van der Waals surface area (Å²) in [4.78, 5) is 36.0. The van der Waals surface area contributed by atoms with Crippen LogP contribution in [0.5, 0.6) is 0 Å². The summed E-state index contributed by atoms with van der Waals surface area (Å²) in [6.45, 7) is 7.55. The van der Waals surface area contributed by atoms with Crippen molar-refractivity contribution in [3.8, 4) is 0 Å². The smallest absolute Gasteiger partial charge is 0.337 e. The van der Waals surface area contributed by atoms with Crippen molar-refractivity contribution in [3.63, 3.8) is 0 Å². The monoisotopic (exact) mass is 409 g/mol. The van der Waals surface area contributed by atoms with Gasteiger partial charge >= 0.3 is 11.9 Å². The summed E-state index contributed by atoms with van der Waals surface area (Å²) in [7, 11) is 1.31. The minimum atomic E-state index is -0.955. The molecule has 2 rings (SSSR count). The normalized spacial score (nSPS) is 11.9. The number of rotatable bonds is 7. The van der Waals surface area contributed by atoms with Crippen molar-refractivity contribution >= 4 is 29.6 Å². The van der Waals surface area contributed by atoms with Crippen molar-refractivity contribution in [3.05, 3.63) is 70.8 Å². The lowest BCUT2D eigenvalue weighted by molar-refractivity contribution is -0.148. The molecule has 0 fully saturated rings. The van der Waals surface area contributed by atoms with Gasteiger partial charge in [0.1, 0.15) is 0 Å². The highest BCUT2D eigenvalue weighted by atomic mass is 16.5. The van der Waals surface area contributed by atoms with E-state index < -0.39 is 23.9 Å². The first-order valence-electron chi connectivity index (χ1n) is 9.70. The molecule has 0 aliphatic rings. The molecule has 0 heterocycles. The Kier molecular flexibility index (Phi) is 7.92. The van der Waals surface area contributed by atoms with Crippen molar-refractivity contribution in [2.24, 2.45) is 0 Å². The van der Waals surface area contributed by atoms with Crippen LogP contribution in [0.3, 0.4) is 0 Å². The molecule has 1 amide bonds. The van der Waals surface area contributed by atoms with Gasteiger partial charge in [-0.25, -0.2) is 9.59 Å². The topological polar surface area (TPSA) is 81.7 Å². The van der Waals surface area contributed by atoms with E-state index in [0.29, 0.717) is 11.1 Å². The van der Waals surface area contributed by atoms with Gasteiger partial charge in [0.15, 0.2) is 6.10 Å². The van der Waals surface area contributed by atoms with E-state index in [1.807, 2.05) is 25.1 Å². The van der Waals surface area contributed by atoms with Gasteiger partial charge in [0.25, 0.3) is 5.91 Å². The summed E-state index contributed by atoms with van der Waals surface area (Å²) in [5.74, 6) is -1.22. The van der Waals surface area contributed by atoms with Gasteiger partial charge < -0.3 is 14.8 Å². The molecule has 1 atom stereocenters. The minimum absolute atomic E-state index is 0.242. The number of carbonyl (C=O) groups excluding carboxylic acids is 3. The fraction of sp³-hybridized carbons (Fsp3) is 0.292. The maximum atomic E-state index is 12.5. The van der Waals surface area contributed by atoms with Gasteiger partial charge in [-0.3, -0.25) is 4.79 Å². The molecule has 0 unspecified atom stereocenters. The molecule has 0 aliphatic carbocycles. The summed E-state index contributed by atoms with van der Waals surface area (Å²) < 4.78 is 9.86. The number of ether oxygens (including phenoxy) is 2. The van der Waals surface area contributed by atoms with Crippen LogP contribution in [0.2, 0.25) is 0 Å². The molecule has 6 heteroatoms. The Morgan fingerprint density at radius 2 is 1.67 bits per heavy atom. The number of esters is 2. The zero-order valence-corrected chi connectivity index (χ0v) is 17.9. The molecular formula is C24H27NO5. The Balaban J connectivity index is 1.98. The molecule has 0 aromatic heterocycles. The highest BCUT2D eigenvalue weighted by Gasteiger charge is 2.19. The third-order valence-electron chi connectivity index (χ3n) is 4.58. The molecule has 158 valence electrons. The van der Waals surface area contributed by atoms with E-state index in [1.165, 1.54) is 20.1 Å². The maximum absolute atomic E-state index is 12.5. The number of nitrogens with one attached hydrogen (secondary N) is 1. The number of carbonyl (C=O) groups is 3. The van der Waals surface area contributed by atoms with Crippen LogP contribution in [0, 0.1) is 6.92 Å². The Morgan fingerprint density at radius 1 is 1.00 bits per heavy atom. The van der Waals surface area contributed by atoms with Gasteiger partial charge in [0.2, 0.25) is 0 Å². The highest BCUT2D eigenvalue weighted by molar-refractivity contribution is 5.97. The fourth-order valence-electron chi connectivity index (χ4n) is 2.85. The van der Waals surface area contributed by atoms with Crippen LogP contribution in [0.4, 0.5) is 5.69 Å². The minimum Gasteiger partial charge on any atom is -0.465 e. The van der Waals surface area contributed by atoms with Crippen molar-refractivity contribution < 1.29 is 23.9 Å². The quantitative estimate of drug-likeness (QED) is 0.538. The van der Waals surface area contributed by atoms with Gasteiger partial charge in [-0.1, -0.05) is 44.2 Å². The second kappa shape index (κ2) is 10.4. The van der Waals surface area contributed by atoms with E-state index >= 15 is 0 Å². The maximum Gasteiger partial charge on any atom is 0.337 e. The van der Waals surface area contributed by atoms with Crippen LogP contribution >= 0.6 is 0 Å². The van der Waals surface area contributed by atoms with Crippen LogP contribution in [0.25, 0.3) is 6.08 Å². The lowest BCUT2D eigenvalue weighted by atomic mass is 9.98. The molecule has 0 aliphatic heterocycles.